The molecule has 0 fully saturated rings. The smallest absolute Gasteiger partial charge is 0.349 e. The summed E-state index contributed by atoms with van der Waals surface area (Å²) in [7, 11) is -2.64. The first-order valence-corrected chi connectivity index (χ1v) is 8.95. The van der Waals surface area contributed by atoms with Crippen LogP contribution in [-0.4, -0.2) is 21.5 Å². The Morgan fingerprint density at radius 3 is 2.48 bits per heavy atom. The second-order valence-corrected chi connectivity index (χ2v) is 7.60. The van der Waals surface area contributed by atoms with Crippen molar-refractivity contribution in [2.24, 2.45) is 0 Å². The largest absolute Gasteiger partial charge is 0.465 e. The van der Waals surface area contributed by atoms with E-state index in [1.807, 2.05) is 0 Å². The van der Waals surface area contributed by atoms with Crippen LogP contribution in [0.5, 0.6) is 0 Å². The first-order chi connectivity index (χ1) is 9.85. The molecule has 21 heavy (non-hydrogen) atoms. The van der Waals surface area contributed by atoms with Crippen LogP contribution in [0.1, 0.15) is 15.2 Å². The van der Waals surface area contributed by atoms with Crippen LogP contribution in [0.3, 0.4) is 0 Å². The Balaban J connectivity index is 2.42. The maximum atomic E-state index is 12.5. The third-order valence-electron chi connectivity index (χ3n) is 2.65. The molecule has 0 radical (unpaired) electrons. The van der Waals surface area contributed by atoms with Gasteiger partial charge in [-0.2, -0.15) is 0 Å². The van der Waals surface area contributed by atoms with Crippen LogP contribution in [0.25, 0.3) is 0 Å². The SMILES string of the molecule is COC(=O)c1scc(C)c1S(=O)(=O)Nc1ccc(Br)cc1. The number of sulfonamides is 1. The van der Waals surface area contributed by atoms with Crippen molar-refractivity contribution in [1.29, 1.82) is 0 Å². The van der Waals surface area contributed by atoms with Crippen LogP contribution >= 0.6 is 27.3 Å². The molecule has 0 saturated carbocycles. The minimum atomic E-state index is -3.86. The number of hydrogen-bond acceptors (Lipinski definition) is 5. The summed E-state index contributed by atoms with van der Waals surface area (Å²) in [4.78, 5) is 11.7. The number of rotatable bonds is 4. The van der Waals surface area contributed by atoms with Crippen LogP contribution in [0.4, 0.5) is 5.69 Å². The lowest BCUT2D eigenvalue weighted by Gasteiger charge is -2.09. The lowest BCUT2D eigenvalue weighted by atomic mass is 10.3. The van der Waals surface area contributed by atoms with Crippen molar-refractivity contribution >= 4 is 48.9 Å². The highest BCUT2D eigenvalue weighted by Crippen LogP contribution is 2.29. The molecule has 2 aromatic rings. The number of esters is 1. The van der Waals surface area contributed by atoms with Gasteiger partial charge >= 0.3 is 5.97 Å². The van der Waals surface area contributed by atoms with Crippen molar-refractivity contribution in [3.05, 3.63) is 44.6 Å². The van der Waals surface area contributed by atoms with Gasteiger partial charge in [-0.3, -0.25) is 4.72 Å². The monoisotopic (exact) mass is 389 g/mol. The summed E-state index contributed by atoms with van der Waals surface area (Å²) in [6, 6.07) is 6.70. The Hall–Kier alpha value is -1.38. The van der Waals surface area contributed by atoms with E-state index < -0.39 is 16.0 Å². The molecular formula is C13H12BrNO4S2. The summed E-state index contributed by atoms with van der Waals surface area (Å²) in [6.07, 6.45) is 0. The fraction of sp³-hybridized carbons (Fsp3) is 0.154. The van der Waals surface area contributed by atoms with Crippen LogP contribution in [0.2, 0.25) is 0 Å². The van der Waals surface area contributed by atoms with Gasteiger partial charge in [0.1, 0.15) is 9.77 Å². The van der Waals surface area contributed by atoms with Crippen LogP contribution in [0.15, 0.2) is 39.0 Å². The van der Waals surface area contributed by atoms with Gasteiger partial charge in [-0.1, -0.05) is 15.9 Å². The van der Waals surface area contributed by atoms with E-state index in [0.29, 0.717) is 11.3 Å². The number of anilines is 1. The average molecular weight is 390 g/mol. The molecule has 5 nitrogen and oxygen atoms in total. The number of ether oxygens (including phenoxy) is 1. The van der Waals surface area contributed by atoms with Gasteiger partial charge in [-0.25, -0.2) is 13.2 Å². The normalized spacial score (nSPS) is 11.2. The average Bonchev–Trinajstić information content (AvgIpc) is 2.83. The Bertz CT molecular complexity index is 766. The zero-order valence-electron chi connectivity index (χ0n) is 11.2. The summed E-state index contributed by atoms with van der Waals surface area (Å²) in [5.41, 5.74) is 0.921. The van der Waals surface area contributed by atoms with Crippen molar-refractivity contribution in [2.75, 3.05) is 11.8 Å². The molecule has 0 spiro atoms. The highest BCUT2D eigenvalue weighted by Gasteiger charge is 2.27. The predicted octanol–water partition coefficient (Wildman–Crippen LogP) is 3.41. The number of nitrogens with one attached hydrogen (secondary N) is 1. The lowest BCUT2D eigenvalue weighted by Crippen LogP contribution is -2.16. The van der Waals surface area contributed by atoms with Gasteiger partial charge in [0, 0.05) is 10.2 Å². The minimum absolute atomic E-state index is 0.0396. The molecule has 0 atom stereocenters. The number of hydrogen-bond donors (Lipinski definition) is 1. The quantitative estimate of drug-likeness (QED) is 0.813. The van der Waals surface area contributed by atoms with Gasteiger partial charge in [-0.15, -0.1) is 11.3 Å². The number of aryl methyl sites for hydroxylation is 1. The van der Waals surface area contributed by atoms with E-state index in [1.54, 1.807) is 36.6 Å². The van der Waals surface area contributed by atoms with E-state index in [4.69, 9.17) is 0 Å². The predicted molar refractivity (Wildman–Crippen MR) is 85.3 cm³/mol. The van der Waals surface area contributed by atoms with Gasteiger partial charge in [-0.05, 0) is 42.1 Å². The van der Waals surface area contributed by atoms with Crippen LogP contribution in [-0.2, 0) is 14.8 Å². The maximum Gasteiger partial charge on any atom is 0.349 e. The fourth-order valence-electron chi connectivity index (χ4n) is 1.73. The van der Waals surface area contributed by atoms with Gasteiger partial charge in [0.05, 0.1) is 7.11 Å². The Morgan fingerprint density at radius 1 is 1.29 bits per heavy atom. The number of thiophene rings is 1. The standard InChI is InChI=1S/C13H12BrNO4S2/c1-8-7-20-11(13(16)19-2)12(8)21(17,18)15-10-5-3-9(14)4-6-10/h3-7,15H,1-2H3. The molecule has 0 aliphatic carbocycles. The molecule has 0 aliphatic heterocycles. The van der Waals surface area contributed by atoms with Crippen molar-refractivity contribution in [2.45, 2.75) is 11.8 Å². The first-order valence-electron chi connectivity index (χ1n) is 5.80. The van der Waals surface area contributed by atoms with E-state index in [-0.39, 0.29) is 9.77 Å². The summed E-state index contributed by atoms with van der Waals surface area (Å²) < 4.78 is 32.9. The third-order valence-corrected chi connectivity index (χ3v) is 5.96. The van der Waals surface area contributed by atoms with Gasteiger partial charge < -0.3 is 4.74 Å². The topological polar surface area (TPSA) is 72.5 Å². The molecule has 8 heteroatoms. The zero-order valence-corrected chi connectivity index (χ0v) is 14.4. The molecular weight excluding hydrogens is 378 g/mol. The molecule has 1 aromatic carbocycles. The molecule has 0 bridgehead atoms. The fourth-order valence-corrected chi connectivity index (χ4v) is 4.76. The van der Waals surface area contributed by atoms with E-state index in [2.05, 4.69) is 25.4 Å². The minimum Gasteiger partial charge on any atom is -0.465 e. The molecule has 0 amide bonds. The van der Waals surface area contributed by atoms with Gasteiger partial charge in [0.25, 0.3) is 10.0 Å². The first kappa shape index (κ1) is 16.0. The number of carbonyl (C=O) groups is 1. The summed E-state index contributed by atoms with van der Waals surface area (Å²) in [5.74, 6) is -0.663. The zero-order chi connectivity index (χ0) is 15.6. The second kappa shape index (κ2) is 6.17. The molecule has 1 N–H and O–H groups in total. The Kier molecular flexibility index (Phi) is 4.70. The molecule has 0 aliphatic rings. The van der Waals surface area contributed by atoms with Crippen molar-refractivity contribution in [3.8, 4) is 0 Å². The number of halogens is 1. The maximum absolute atomic E-state index is 12.5. The summed E-state index contributed by atoms with van der Waals surface area (Å²) in [6.45, 7) is 1.64. The van der Waals surface area contributed by atoms with Crippen LogP contribution in [0, 0.1) is 6.92 Å². The Labute approximate surface area is 135 Å². The van der Waals surface area contributed by atoms with Gasteiger partial charge in [0.2, 0.25) is 0 Å². The molecule has 2 rings (SSSR count). The number of methoxy groups -OCH3 is 1. The van der Waals surface area contributed by atoms with Gasteiger partial charge in [0.15, 0.2) is 0 Å². The van der Waals surface area contributed by atoms with E-state index in [1.165, 1.54) is 7.11 Å². The van der Waals surface area contributed by atoms with E-state index >= 15 is 0 Å². The summed E-state index contributed by atoms with van der Waals surface area (Å²) in [5, 5.41) is 1.61. The second-order valence-electron chi connectivity index (χ2n) is 4.18. The highest BCUT2D eigenvalue weighted by molar-refractivity contribution is 9.10. The Morgan fingerprint density at radius 2 is 1.90 bits per heavy atom. The van der Waals surface area contributed by atoms with Crippen molar-refractivity contribution in [3.63, 3.8) is 0 Å². The third kappa shape index (κ3) is 3.45. The molecule has 1 heterocycles. The molecule has 0 saturated heterocycles. The number of benzene rings is 1. The molecule has 0 unspecified atom stereocenters. The van der Waals surface area contributed by atoms with Crippen LogP contribution < -0.4 is 4.72 Å². The highest BCUT2D eigenvalue weighted by atomic mass is 79.9. The van der Waals surface area contributed by atoms with Crippen molar-refractivity contribution < 1.29 is 17.9 Å². The number of carbonyl (C=O) groups excluding carboxylic acids is 1. The van der Waals surface area contributed by atoms with Crippen molar-refractivity contribution in [1.82, 2.24) is 0 Å². The van der Waals surface area contributed by atoms with E-state index in [0.717, 1.165) is 15.8 Å². The van der Waals surface area contributed by atoms with E-state index in [9.17, 15) is 13.2 Å². The lowest BCUT2D eigenvalue weighted by molar-refractivity contribution is 0.0602. The molecule has 1 aromatic heterocycles. The molecule has 112 valence electrons. The summed E-state index contributed by atoms with van der Waals surface area (Å²) >= 11 is 4.33.